The first kappa shape index (κ1) is 17.4. The number of hydrogen-bond donors (Lipinski definition) is 1. The van der Waals surface area contributed by atoms with Crippen LogP contribution in [0.15, 0.2) is 36.5 Å². The zero-order valence-electron chi connectivity index (χ0n) is 13.9. The highest BCUT2D eigenvalue weighted by atomic mass is 35.5. The standard InChI is InChI=1S/C17H20ClN5O2/c1-12(13-5-3-2-4-6-13)21-7-9-22(10-8-21)15-14(18)11-20-17(19)16(15)23(24)25/h2-6,11-12H,7-10H2,1H3,(H2,19,20). The van der Waals surface area contributed by atoms with Crippen molar-refractivity contribution in [3.63, 3.8) is 0 Å². The number of piperazine rings is 1. The van der Waals surface area contributed by atoms with Crippen molar-refractivity contribution in [2.45, 2.75) is 13.0 Å². The number of hydrogen-bond acceptors (Lipinski definition) is 6. The van der Waals surface area contributed by atoms with Crippen LogP contribution in [0.25, 0.3) is 0 Å². The minimum Gasteiger partial charge on any atom is -0.378 e. The van der Waals surface area contributed by atoms with E-state index in [4.69, 9.17) is 17.3 Å². The number of pyridine rings is 1. The molecule has 1 unspecified atom stereocenters. The van der Waals surface area contributed by atoms with Crippen LogP contribution in [0.3, 0.4) is 0 Å². The van der Waals surface area contributed by atoms with Gasteiger partial charge in [-0.3, -0.25) is 15.0 Å². The molecule has 132 valence electrons. The number of nitro groups is 1. The molecular weight excluding hydrogens is 342 g/mol. The summed E-state index contributed by atoms with van der Waals surface area (Å²) in [5.74, 6) is -0.107. The molecule has 1 aromatic carbocycles. The molecule has 0 saturated carbocycles. The molecular formula is C17H20ClN5O2. The van der Waals surface area contributed by atoms with Gasteiger partial charge in [0, 0.05) is 32.2 Å². The molecule has 7 nitrogen and oxygen atoms in total. The molecule has 2 N–H and O–H groups in total. The summed E-state index contributed by atoms with van der Waals surface area (Å²) >= 11 is 6.20. The van der Waals surface area contributed by atoms with Gasteiger partial charge in [-0.25, -0.2) is 4.98 Å². The monoisotopic (exact) mass is 361 g/mol. The molecule has 25 heavy (non-hydrogen) atoms. The quantitative estimate of drug-likeness (QED) is 0.665. The maximum atomic E-state index is 11.4. The highest BCUT2D eigenvalue weighted by molar-refractivity contribution is 6.33. The average Bonchev–Trinajstić information content (AvgIpc) is 2.63. The minimum atomic E-state index is -0.511. The Balaban J connectivity index is 1.77. The molecule has 1 aliphatic heterocycles. The smallest absolute Gasteiger partial charge is 0.335 e. The molecule has 2 heterocycles. The van der Waals surface area contributed by atoms with Crippen molar-refractivity contribution in [3.8, 4) is 0 Å². The Morgan fingerprint density at radius 2 is 1.88 bits per heavy atom. The fraction of sp³-hybridized carbons (Fsp3) is 0.353. The molecule has 0 bridgehead atoms. The van der Waals surface area contributed by atoms with Crippen LogP contribution in [0.4, 0.5) is 17.2 Å². The van der Waals surface area contributed by atoms with Crippen molar-refractivity contribution in [1.82, 2.24) is 9.88 Å². The number of anilines is 2. The van der Waals surface area contributed by atoms with Gasteiger partial charge in [-0.1, -0.05) is 41.9 Å². The summed E-state index contributed by atoms with van der Waals surface area (Å²) in [6, 6.07) is 10.6. The first-order valence-electron chi connectivity index (χ1n) is 8.11. The van der Waals surface area contributed by atoms with Crippen LogP contribution in [0.1, 0.15) is 18.5 Å². The lowest BCUT2D eigenvalue weighted by molar-refractivity contribution is -0.383. The van der Waals surface area contributed by atoms with Crippen LogP contribution in [-0.2, 0) is 0 Å². The Morgan fingerprint density at radius 3 is 2.48 bits per heavy atom. The SMILES string of the molecule is CC(c1ccccc1)N1CCN(c2c(Cl)cnc(N)c2[N+](=O)[O-])CC1. The maximum absolute atomic E-state index is 11.4. The second kappa shape index (κ2) is 7.25. The van der Waals surface area contributed by atoms with Crippen molar-refractivity contribution in [2.75, 3.05) is 36.8 Å². The molecule has 1 aliphatic rings. The first-order valence-corrected chi connectivity index (χ1v) is 8.49. The minimum absolute atomic E-state index is 0.107. The highest BCUT2D eigenvalue weighted by Gasteiger charge is 2.30. The summed E-state index contributed by atoms with van der Waals surface area (Å²) in [7, 11) is 0. The zero-order chi connectivity index (χ0) is 18.0. The fourth-order valence-electron chi connectivity index (χ4n) is 3.24. The summed E-state index contributed by atoms with van der Waals surface area (Å²) in [4.78, 5) is 19.0. The molecule has 1 atom stereocenters. The number of nitrogens with zero attached hydrogens (tertiary/aromatic N) is 4. The summed E-state index contributed by atoms with van der Waals surface area (Å²) in [6.07, 6.45) is 1.37. The molecule has 0 radical (unpaired) electrons. The van der Waals surface area contributed by atoms with Crippen molar-refractivity contribution in [2.24, 2.45) is 0 Å². The lowest BCUT2D eigenvalue weighted by Gasteiger charge is -2.39. The van der Waals surface area contributed by atoms with Crippen LogP contribution in [0, 0.1) is 10.1 Å². The van der Waals surface area contributed by atoms with Crippen molar-refractivity contribution in [1.29, 1.82) is 0 Å². The van der Waals surface area contributed by atoms with E-state index in [1.165, 1.54) is 11.8 Å². The largest absolute Gasteiger partial charge is 0.378 e. The predicted molar refractivity (Wildman–Crippen MR) is 99.0 cm³/mol. The Kier molecular flexibility index (Phi) is 5.06. The molecule has 0 aliphatic carbocycles. The number of rotatable bonds is 4. The molecule has 1 fully saturated rings. The second-order valence-corrected chi connectivity index (χ2v) is 6.46. The van der Waals surface area contributed by atoms with Gasteiger partial charge in [0.1, 0.15) is 5.69 Å². The van der Waals surface area contributed by atoms with Crippen LogP contribution in [0.2, 0.25) is 5.02 Å². The van der Waals surface area contributed by atoms with Gasteiger partial charge < -0.3 is 10.6 Å². The third-order valence-electron chi connectivity index (χ3n) is 4.65. The van der Waals surface area contributed by atoms with Crippen molar-refractivity contribution >= 4 is 28.8 Å². The Hall–Kier alpha value is -2.38. The third kappa shape index (κ3) is 3.52. The lowest BCUT2D eigenvalue weighted by Crippen LogP contribution is -2.47. The van der Waals surface area contributed by atoms with E-state index in [1.54, 1.807) is 0 Å². The molecule has 1 aromatic heterocycles. The number of aromatic nitrogens is 1. The van der Waals surface area contributed by atoms with Gasteiger partial charge in [0.2, 0.25) is 5.82 Å². The van der Waals surface area contributed by atoms with Crippen LogP contribution < -0.4 is 10.6 Å². The molecule has 1 saturated heterocycles. The third-order valence-corrected chi connectivity index (χ3v) is 4.93. The fourth-order valence-corrected chi connectivity index (χ4v) is 3.50. The molecule has 0 amide bonds. The summed E-state index contributed by atoms with van der Waals surface area (Å²) in [5.41, 5.74) is 7.11. The number of benzene rings is 1. The first-order chi connectivity index (χ1) is 12.0. The van der Waals surface area contributed by atoms with Gasteiger partial charge in [0.05, 0.1) is 16.1 Å². The van der Waals surface area contributed by atoms with Crippen LogP contribution in [-0.4, -0.2) is 41.0 Å². The Labute approximate surface area is 151 Å². The maximum Gasteiger partial charge on any atom is 0.335 e. The summed E-state index contributed by atoms with van der Waals surface area (Å²) in [5, 5.41) is 11.6. The van der Waals surface area contributed by atoms with Gasteiger partial charge >= 0.3 is 5.69 Å². The van der Waals surface area contributed by atoms with Crippen LogP contribution in [0.5, 0.6) is 0 Å². The van der Waals surface area contributed by atoms with E-state index in [0.717, 1.165) is 13.1 Å². The van der Waals surface area contributed by atoms with E-state index < -0.39 is 4.92 Å². The molecule has 2 aromatic rings. The van der Waals surface area contributed by atoms with Gasteiger partial charge in [0.15, 0.2) is 0 Å². The van der Waals surface area contributed by atoms with Gasteiger partial charge in [-0.15, -0.1) is 0 Å². The number of nitrogens with two attached hydrogens (primary N) is 1. The highest BCUT2D eigenvalue weighted by Crippen LogP contribution is 2.39. The van der Waals surface area contributed by atoms with Gasteiger partial charge in [0.25, 0.3) is 0 Å². The summed E-state index contributed by atoms with van der Waals surface area (Å²) < 4.78 is 0. The normalized spacial score (nSPS) is 16.6. The summed E-state index contributed by atoms with van der Waals surface area (Å²) in [6.45, 7) is 5.02. The van der Waals surface area contributed by atoms with Crippen molar-refractivity contribution in [3.05, 3.63) is 57.2 Å². The van der Waals surface area contributed by atoms with Crippen molar-refractivity contribution < 1.29 is 4.92 Å². The lowest BCUT2D eigenvalue weighted by atomic mass is 10.1. The Morgan fingerprint density at radius 1 is 1.24 bits per heavy atom. The van der Waals surface area contributed by atoms with E-state index in [2.05, 4.69) is 28.9 Å². The van der Waals surface area contributed by atoms with E-state index in [0.29, 0.717) is 18.8 Å². The molecule has 3 rings (SSSR count). The van der Waals surface area contributed by atoms with E-state index >= 15 is 0 Å². The van der Waals surface area contributed by atoms with E-state index in [9.17, 15) is 10.1 Å². The van der Waals surface area contributed by atoms with E-state index in [-0.39, 0.29) is 22.6 Å². The molecule has 8 heteroatoms. The second-order valence-electron chi connectivity index (χ2n) is 6.06. The zero-order valence-corrected chi connectivity index (χ0v) is 14.7. The average molecular weight is 362 g/mol. The van der Waals surface area contributed by atoms with Gasteiger partial charge in [-0.05, 0) is 12.5 Å². The van der Waals surface area contributed by atoms with Gasteiger partial charge in [-0.2, -0.15) is 0 Å². The predicted octanol–water partition coefficient (Wildman–Crippen LogP) is 3.11. The molecule has 0 spiro atoms. The number of halogens is 1. The number of nitrogen functional groups attached to an aromatic ring is 1. The topological polar surface area (TPSA) is 88.5 Å². The van der Waals surface area contributed by atoms with E-state index in [1.807, 2.05) is 23.1 Å². The van der Waals surface area contributed by atoms with Crippen LogP contribution >= 0.6 is 11.6 Å². The Bertz CT molecular complexity index is 763.